The molecule has 0 atom stereocenters. The number of allylic oxidation sites excluding steroid dienone is 1. The number of halogens is 7. The van der Waals surface area contributed by atoms with Crippen LogP contribution in [0.1, 0.15) is 6.42 Å². The number of hydrogen-bond acceptors (Lipinski definition) is 2. The molecule has 1 rings (SSSR count). The lowest BCUT2D eigenvalue weighted by atomic mass is 10.1. The van der Waals surface area contributed by atoms with E-state index >= 15 is 0 Å². The van der Waals surface area contributed by atoms with Crippen molar-refractivity contribution in [3.05, 3.63) is 11.6 Å². The lowest BCUT2D eigenvalue weighted by Crippen LogP contribution is -2.51. The third kappa shape index (κ3) is 2.37. The maximum atomic E-state index is 12.8. The van der Waals surface area contributed by atoms with E-state index in [0.29, 0.717) is 0 Å². The smallest absolute Gasteiger partial charge is 0.460 e. The quantitative estimate of drug-likeness (QED) is 0.436. The van der Waals surface area contributed by atoms with Crippen LogP contribution in [0.5, 0.6) is 0 Å². The molecule has 1 aliphatic heterocycles. The van der Waals surface area contributed by atoms with E-state index in [1.165, 1.54) is 0 Å². The van der Waals surface area contributed by atoms with Gasteiger partial charge in [0.2, 0.25) is 0 Å². The van der Waals surface area contributed by atoms with Crippen molar-refractivity contribution in [1.82, 2.24) is 0 Å². The van der Waals surface area contributed by atoms with E-state index in [0.717, 1.165) is 0 Å². The van der Waals surface area contributed by atoms with Crippen molar-refractivity contribution in [2.24, 2.45) is 0 Å². The summed E-state index contributed by atoms with van der Waals surface area (Å²) in [5, 5.41) is 0. The second-order valence-electron chi connectivity index (χ2n) is 3.25. The number of carbonyl (C=O) groups excluding carboxylic acids is 1. The molecule has 0 saturated carbocycles. The molecular weight excluding hydrogens is 261 g/mol. The highest BCUT2D eigenvalue weighted by Gasteiger charge is 2.72. The van der Waals surface area contributed by atoms with Crippen LogP contribution in [0.4, 0.5) is 30.7 Å². The van der Waals surface area contributed by atoms with Crippen LogP contribution in [-0.2, 0) is 9.53 Å². The van der Waals surface area contributed by atoms with Gasteiger partial charge in [-0.3, -0.25) is 0 Å². The lowest BCUT2D eigenvalue weighted by Gasteiger charge is -2.26. The van der Waals surface area contributed by atoms with E-state index < -0.39 is 42.1 Å². The molecule has 1 saturated heterocycles. The Kier molecular flexibility index (Phi) is 3.15. The molecule has 0 N–H and O–H groups in total. The number of cyclic esters (lactones) is 1. The topological polar surface area (TPSA) is 26.3 Å². The summed E-state index contributed by atoms with van der Waals surface area (Å²) in [5.74, 6) is -13.1. The first-order valence-corrected chi connectivity index (χ1v) is 4.20. The third-order valence-corrected chi connectivity index (χ3v) is 2.00. The molecular formula is C8H5F7O2. The molecule has 1 fully saturated rings. The summed E-state index contributed by atoms with van der Waals surface area (Å²) in [6.07, 6.45) is -7.52. The van der Waals surface area contributed by atoms with Crippen molar-refractivity contribution < 1.29 is 40.3 Å². The first-order valence-electron chi connectivity index (χ1n) is 4.20. The van der Waals surface area contributed by atoms with Crippen LogP contribution >= 0.6 is 0 Å². The third-order valence-electron chi connectivity index (χ3n) is 2.00. The fourth-order valence-electron chi connectivity index (χ4n) is 1.08. The Morgan fingerprint density at radius 1 is 1.06 bits per heavy atom. The number of esters is 1. The van der Waals surface area contributed by atoms with E-state index in [1.54, 1.807) is 0 Å². The summed E-state index contributed by atoms with van der Waals surface area (Å²) in [5.41, 5.74) is -0.890. The molecule has 0 amide bonds. The number of carbonyl (C=O) groups is 1. The first kappa shape index (κ1) is 13.8. The number of hydrogen-bond donors (Lipinski definition) is 0. The molecule has 0 aliphatic carbocycles. The highest BCUT2D eigenvalue weighted by atomic mass is 19.4. The average molecular weight is 266 g/mol. The Morgan fingerprint density at radius 2 is 1.59 bits per heavy atom. The van der Waals surface area contributed by atoms with E-state index in [1.807, 2.05) is 0 Å². The van der Waals surface area contributed by atoms with Crippen LogP contribution in [-0.4, -0.2) is 30.6 Å². The van der Waals surface area contributed by atoms with Crippen LogP contribution in [0.25, 0.3) is 0 Å². The normalized spacial score (nSPS) is 20.9. The zero-order chi connectivity index (χ0) is 13.5. The molecule has 0 aromatic carbocycles. The van der Waals surface area contributed by atoms with Crippen molar-refractivity contribution in [2.45, 2.75) is 24.4 Å². The lowest BCUT2D eigenvalue weighted by molar-refractivity contribution is -0.341. The fourth-order valence-corrected chi connectivity index (χ4v) is 1.08. The highest BCUT2D eigenvalue weighted by molar-refractivity contribution is 5.90. The fraction of sp³-hybridized carbons (Fsp3) is 0.625. The van der Waals surface area contributed by atoms with Crippen molar-refractivity contribution in [2.75, 3.05) is 6.61 Å². The summed E-state index contributed by atoms with van der Waals surface area (Å²) in [4.78, 5) is 10.7. The molecule has 1 heterocycles. The SMILES string of the molecule is O=C1OCCC1=CC(F)(F)C(F)(F)C(F)(F)F. The summed E-state index contributed by atoms with van der Waals surface area (Å²) < 4.78 is 89.7. The Balaban J connectivity index is 3.07. The summed E-state index contributed by atoms with van der Waals surface area (Å²) in [6.45, 7) is -0.321. The van der Waals surface area contributed by atoms with Gasteiger partial charge in [-0.25, -0.2) is 4.79 Å². The van der Waals surface area contributed by atoms with Crippen molar-refractivity contribution in [3.63, 3.8) is 0 Å². The van der Waals surface area contributed by atoms with Crippen LogP contribution in [0.2, 0.25) is 0 Å². The molecule has 1 aliphatic rings. The molecule has 0 spiro atoms. The molecule has 0 aromatic rings. The van der Waals surface area contributed by atoms with Gasteiger partial charge in [-0.15, -0.1) is 0 Å². The van der Waals surface area contributed by atoms with Gasteiger partial charge in [0.05, 0.1) is 6.61 Å². The molecule has 98 valence electrons. The standard InChI is InChI=1S/C8H5F7O2/c9-6(10,7(11,12)8(13,14)15)3-4-1-2-17-5(4)16/h3H,1-2H2. The Labute approximate surface area is 90.0 Å². The van der Waals surface area contributed by atoms with Crippen molar-refractivity contribution >= 4 is 5.97 Å². The second-order valence-corrected chi connectivity index (χ2v) is 3.25. The molecule has 9 heteroatoms. The van der Waals surface area contributed by atoms with Gasteiger partial charge in [0.1, 0.15) is 0 Å². The van der Waals surface area contributed by atoms with Gasteiger partial charge in [0, 0.05) is 18.1 Å². The summed E-state index contributed by atoms with van der Waals surface area (Å²) in [6, 6.07) is 0. The molecule has 17 heavy (non-hydrogen) atoms. The maximum Gasteiger partial charge on any atom is 0.460 e. The minimum atomic E-state index is -6.41. The van der Waals surface area contributed by atoms with Crippen LogP contribution < -0.4 is 0 Å². The van der Waals surface area contributed by atoms with E-state index in [2.05, 4.69) is 4.74 Å². The maximum absolute atomic E-state index is 12.8. The Bertz CT molecular complexity index is 355. The minimum absolute atomic E-state index is 0.321. The van der Waals surface area contributed by atoms with Gasteiger partial charge in [-0.1, -0.05) is 0 Å². The predicted octanol–water partition coefficient (Wildman–Crippen LogP) is 2.69. The minimum Gasteiger partial charge on any atom is -0.462 e. The predicted molar refractivity (Wildman–Crippen MR) is 39.6 cm³/mol. The number of rotatable bonds is 2. The van der Waals surface area contributed by atoms with Crippen LogP contribution in [0, 0.1) is 0 Å². The average Bonchev–Trinajstić information content (AvgIpc) is 2.49. The van der Waals surface area contributed by atoms with Crippen molar-refractivity contribution in [3.8, 4) is 0 Å². The molecule has 0 aromatic heterocycles. The van der Waals surface area contributed by atoms with Gasteiger partial charge in [0.15, 0.2) is 0 Å². The van der Waals surface area contributed by atoms with Gasteiger partial charge in [0.25, 0.3) is 0 Å². The Morgan fingerprint density at radius 3 is 1.94 bits per heavy atom. The van der Waals surface area contributed by atoms with E-state index in [-0.39, 0.29) is 6.61 Å². The first-order chi connectivity index (χ1) is 7.49. The van der Waals surface area contributed by atoms with Crippen LogP contribution in [0.15, 0.2) is 11.6 Å². The second kappa shape index (κ2) is 3.88. The molecule has 0 unspecified atom stereocenters. The largest absolute Gasteiger partial charge is 0.462 e. The zero-order valence-corrected chi connectivity index (χ0v) is 7.95. The molecule has 2 nitrogen and oxygen atoms in total. The zero-order valence-electron chi connectivity index (χ0n) is 7.95. The van der Waals surface area contributed by atoms with Gasteiger partial charge in [-0.05, 0) is 0 Å². The molecule has 0 radical (unpaired) electrons. The van der Waals surface area contributed by atoms with E-state index in [4.69, 9.17) is 0 Å². The van der Waals surface area contributed by atoms with Crippen LogP contribution in [0.3, 0.4) is 0 Å². The highest BCUT2D eigenvalue weighted by Crippen LogP contribution is 2.47. The van der Waals surface area contributed by atoms with Gasteiger partial charge >= 0.3 is 24.0 Å². The summed E-state index contributed by atoms with van der Waals surface area (Å²) in [7, 11) is 0. The molecule has 0 bridgehead atoms. The number of ether oxygens (including phenoxy) is 1. The number of alkyl halides is 7. The van der Waals surface area contributed by atoms with Gasteiger partial charge < -0.3 is 4.74 Å². The van der Waals surface area contributed by atoms with Gasteiger partial charge in [-0.2, -0.15) is 30.7 Å². The van der Waals surface area contributed by atoms with Crippen molar-refractivity contribution in [1.29, 1.82) is 0 Å². The Hall–Kier alpha value is -1.28. The summed E-state index contributed by atoms with van der Waals surface area (Å²) >= 11 is 0. The van der Waals surface area contributed by atoms with E-state index in [9.17, 15) is 35.5 Å². The monoisotopic (exact) mass is 266 g/mol.